The third-order valence-corrected chi connectivity index (χ3v) is 8.00. The van der Waals surface area contributed by atoms with Gasteiger partial charge in [-0.15, -0.1) is 0 Å². The number of hydrogen-bond donors (Lipinski definition) is 1. The van der Waals surface area contributed by atoms with E-state index >= 15 is 0 Å². The largest absolute Gasteiger partial charge is 0.494 e. The van der Waals surface area contributed by atoms with Crippen LogP contribution in [-0.2, 0) is 14.6 Å². The topological polar surface area (TPSA) is 83.9 Å². The van der Waals surface area contributed by atoms with Gasteiger partial charge in [-0.2, -0.15) is 0 Å². The van der Waals surface area contributed by atoms with Gasteiger partial charge in [-0.3, -0.25) is 4.79 Å². The Labute approximate surface area is 168 Å². The van der Waals surface area contributed by atoms with Crippen LogP contribution in [0, 0.1) is 5.92 Å². The summed E-state index contributed by atoms with van der Waals surface area (Å²) in [6.45, 7) is 8.75. The van der Waals surface area contributed by atoms with Gasteiger partial charge in [0.15, 0.2) is 14.6 Å². The van der Waals surface area contributed by atoms with E-state index < -0.39 is 20.6 Å². The fourth-order valence-electron chi connectivity index (χ4n) is 3.47. The molecule has 158 valence electrons. The van der Waals surface area contributed by atoms with Crippen LogP contribution in [0.1, 0.15) is 52.9 Å². The average molecular weight is 412 g/mol. The van der Waals surface area contributed by atoms with Crippen molar-refractivity contribution < 1.29 is 23.1 Å². The van der Waals surface area contributed by atoms with Crippen LogP contribution < -0.4 is 4.74 Å². The maximum absolute atomic E-state index is 13.2. The molecule has 1 heterocycles. The Morgan fingerprint density at radius 1 is 1.21 bits per heavy atom. The highest BCUT2D eigenvalue weighted by Gasteiger charge is 2.53. The number of likely N-dealkylation sites (tertiary alicyclic amines) is 1. The van der Waals surface area contributed by atoms with Gasteiger partial charge in [0.25, 0.3) is 0 Å². The summed E-state index contributed by atoms with van der Waals surface area (Å²) in [5, 5.41) is 9.85. The van der Waals surface area contributed by atoms with Crippen LogP contribution in [0.15, 0.2) is 29.2 Å². The van der Waals surface area contributed by atoms with Gasteiger partial charge in [0.05, 0.1) is 11.5 Å². The maximum atomic E-state index is 13.2. The minimum absolute atomic E-state index is 0.0492. The van der Waals surface area contributed by atoms with Crippen molar-refractivity contribution in [3.8, 4) is 5.75 Å². The van der Waals surface area contributed by atoms with Crippen LogP contribution in [0.5, 0.6) is 5.75 Å². The van der Waals surface area contributed by atoms with Crippen LogP contribution in [0.4, 0.5) is 0 Å². The molecule has 1 aromatic carbocycles. The molecule has 2 rings (SSSR count). The first-order valence-electron chi connectivity index (χ1n) is 10.2. The summed E-state index contributed by atoms with van der Waals surface area (Å²) in [6.07, 6.45) is 3.23. The molecule has 7 heteroatoms. The van der Waals surface area contributed by atoms with Gasteiger partial charge >= 0.3 is 5.97 Å². The van der Waals surface area contributed by atoms with E-state index in [-0.39, 0.29) is 17.7 Å². The van der Waals surface area contributed by atoms with E-state index in [2.05, 4.69) is 25.7 Å². The first kappa shape index (κ1) is 22.7. The molecule has 28 heavy (non-hydrogen) atoms. The van der Waals surface area contributed by atoms with Gasteiger partial charge in [0.2, 0.25) is 0 Å². The molecule has 1 aromatic rings. The van der Waals surface area contributed by atoms with Crippen molar-refractivity contribution >= 4 is 15.8 Å². The number of carboxylic acid groups (broad SMARTS) is 1. The van der Waals surface area contributed by atoms with Gasteiger partial charge in [-0.05, 0) is 62.4 Å². The van der Waals surface area contributed by atoms with Crippen molar-refractivity contribution in [2.24, 2.45) is 5.92 Å². The molecular weight excluding hydrogens is 378 g/mol. The molecule has 1 saturated heterocycles. The van der Waals surface area contributed by atoms with Crippen molar-refractivity contribution in [1.29, 1.82) is 0 Å². The molecule has 0 aliphatic carbocycles. The number of sulfone groups is 1. The van der Waals surface area contributed by atoms with E-state index in [4.69, 9.17) is 4.74 Å². The lowest BCUT2D eigenvalue weighted by molar-refractivity contribution is -0.141. The number of rotatable bonds is 10. The maximum Gasteiger partial charge on any atom is 0.325 e. The molecule has 1 fully saturated rings. The van der Waals surface area contributed by atoms with Crippen LogP contribution in [0.2, 0.25) is 0 Å². The predicted octanol–water partition coefficient (Wildman–Crippen LogP) is 3.60. The third-order valence-electron chi connectivity index (χ3n) is 5.49. The summed E-state index contributed by atoms with van der Waals surface area (Å²) in [6, 6.07) is 6.15. The molecule has 0 spiro atoms. The van der Waals surface area contributed by atoms with E-state index in [1.54, 1.807) is 12.1 Å². The van der Waals surface area contributed by atoms with E-state index in [0.29, 0.717) is 31.4 Å². The molecule has 0 bridgehead atoms. The molecule has 0 amide bonds. The number of carboxylic acids is 1. The van der Waals surface area contributed by atoms with Crippen molar-refractivity contribution in [3.63, 3.8) is 0 Å². The number of ether oxygens (including phenoxy) is 1. The highest BCUT2D eigenvalue weighted by molar-refractivity contribution is 7.93. The van der Waals surface area contributed by atoms with Crippen molar-refractivity contribution in [3.05, 3.63) is 24.3 Å². The Morgan fingerprint density at radius 3 is 2.32 bits per heavy atom. The third kappa shape index (κ3) is 5.06. The number of carbonyl (C=O) groups is 1. The summed E-state index contributed by atoms with van der Waals surface area (Å²) < 4.78 is 30.4. The zero-order chi connectivity index (χ0) is 20.8. The second-order valence-corrected chi connectivity index (χ2v) is 10.3. The minimum atomic E-state index is -4.00. The van der Waals surface area contributed by atoms with Gasteiger partial charge in [-0.1, -0.05) is 27.2 Å². The monoisotopic (exact) mass is 411 g/mol. The number of nitrogens with zero attached hydrogens (tertiary/aromatic N) is 1. The van der Waals surface area contributed by atoms with Crippen LogP contribution in [0.25, 0.3) is 0 Å². The first-order chi connectivity index (χ1) is 13.2. The number of hydrogen-bond acceptors (Lipinski definition) is 5. The number of benzene rings is 1. The van der Waals surface area contributed by atoms with Gasteiger partial charge in [0.1, 0.15) is 5.75 Å². The lowest BCUT2D eigenvalue weighted by Crippen LogP contribution is -2.54. The number of piperidine rings is 1. The summed E-state index contributed by atoms with van der Waals surface area (Å²) in [7, 11) is -4.00. The Kier molecular flexibility index (Phi) is 7.89. The van der Waals surface area contributed by atoms with Crippen LogP contribution in [-0.4, -0.2) is 55.4 Å². The van der Waals surface area contributed by atoms with Gasteiger partial charge < -0.3 is 14.7 Å². The van der Waals surface area contributed by atoms with Gasteiger partial charge in [-0.25, -0.2) is 8.42 Å². The highest BCUT2D eigenvalue weighted by atomic mass is 32.2. The van der Waals surface area contributed by atoms with Crippen molar-refractivity contribution in [2.75, 3.05) is 26.2 Å². The van der Waals surface area contributed by atoms with Crippen molar-refractivity contribution in [1.82, 2.24) is 4.90 Å². The molecule has 1 aliphatic heterocycles. The summed E-state index contributed by atoms with van der Waals surface area (Å²) in [4.78, 5) is 14.3. The fraction of sp³-hybridized carbons (Fsp3) is 0.667. The average Bonchev–Trinajstić information content (AvgIpc) is 2.66. The molecule has 0 saturated carbocycles. The summed E-state index contributed by atoms with van der Waals surface area (Å²) in [5.74, 6) is -0.128. The van der Waals surface area contributed by atoms with E-state index in [1.807, 2.05) is 0 Å². The molecule has 0 atom stereocenters. The second kappa shape index (κ2) is 9.74. The van der Waals surface area contributed by atoms with Crippen LogP contribution >= 0.6 is 0 Å². The Balaban J connectivity index is 2.15. The Bertz CT molecular complexity index is 735. The fourth-order valence-corrected chi connectivity index (χ4v) is 5.37. The molecule has 0 radical (unpaired) electrons. The van der Waals surface area contributed by atoms with Crippen LogP contribution in [0.3, 0.4) is 0 Å². The number of aliphatic carboxylic acids is 1. The first-order valence-corrected chi connectivity index (χ1v) is 11.6. The van der Waals surface area contributed by atoms with Crippen molar-refractivity contribution in [2.45, 2.75) is 62.5 Å². The quantitative estimate of drug-likeness (QED) is 0.633. The summed E-state index contributed by atoms with van der Waals surface area (Å²) in [5.41, 5.74) is 0. The second-order valence-electron chi connectivity index (χ2n) is 8.00. The molecule has 1 N–H and O–H groups in total. The molecule has 0 aromatic heterocycles. The molecule has 1 aliphatic rings. The van der Waals surface area contributed by atoms with E-state index in [0.717, 1.165) is 25.8 Å². The summed E-state index contributed by atoms with van der Waals surface area (Å²) >= 11 is 0. The highest BCUT2D eigenvalue weighted by Crippen LogP contribution is 2.36. The minimum Gasteiger partial charge on any atom is -0.494 e. The van der Waals surface area contributed by atoms with Gasteiger partial charge in [0, 0.05) is 13.1 Å². The molecule has 0 unspecified atom stereocenters. The SMILES string of the molecule is CCCCN1CCC(C(=O)O)(S(=O)(=O)c2ccc(OCCC(C)C)cc2)CC1. The lowest BCUT2D eigenvalue weighted by Gasteiger charge is -2.38. The molecular formula is C21H33NO5S. The molecule has 6 nitrogen and oxygen atoms in total. The zero-order valence-electron chi connectivity index (χ0n) is 17.2. The standard InChI is InChI=1S/C21H33NO5S/c1-4-5-13-22-14-11-21(12-15-22,20(23)24)28(25,26)19-8-6-18(7-9-19)27-16-10-17(2)3/h6-9,17H,4-5,10-16H2,1-3H3,(H,23,24). The van der Waals surface area contributed by atoms with E-state index in [1.165, 1.54) is 12.1 Å². The normalized spacial score (nSPS) is 17.6. The Morgan fingerprint density at radius 2 is 1.82 bits per heavy atom. The lowest BCUT2D eigenvalue weighted by atomic mass is 9.95. The van der Waals surface area contributed by atoms with E-state index in [9.17, 15) is 18.3 Å². The smallest absolute Gasteiger partial charge is 0.325 e. The Hall–Kier alpha value is -1.60. The zero-order valence-corrected chi connectivity index (χ0v) is 18.0. The predicted molar refractivity (Wildman–Crippen MR) is 110 cm³/mol. The number of unbranched alkanes of at least 4 members (excludes halogenated alkanes) is 1.